The summed E-state index contributed by atoms with van der Waals surface area (Å²) in [6.07, 6.45) is 0. The number of amides is 2. The minimum atomic E-state index is -0.492. The molecular weight excluding hydrogens is 677 g/mol. The van der Waals surface area contributed by atoms with Gasteiger partial charge in [0.2, 0.25) is 23.8 Å². The van der Waals surface area contributed by atoms with Crippen LogP contribution in [0, 0.1) is 21.6 Å². The van der Waals surface area contributed by atoms with Crippen LogP contribution in [0.5, 0.6) is 0 Å². The number of carbonyl (C=O) groups excluding carboxylic acids is 2. The molecule has 0 radical (unpaired) electrons. The quantitative estimate of drug-likeness (QED) is 0.0719. The zero-order chi connectivity index (χ0) is 37.8. The van der Waals surface area contributed by atoms with Crippen LogP contribution in [0.25, 0.3) is 0 Å². The molecule has 0 bridgehead atoms. The average Bonchev–Trinajstić information content (AvgIpc) is 3.58. The van der Waals surface area contributed by atoms with Crippen LogP contribution >= 0.6 is 11.3 Å². The third-order valence-electron chi connectivity index (χ3n) is 6.48. The molecule has 18 N–H and O–H groups in total. The molecule has 1 aromatic heterocycles. The van der Waals surface area contributed by atoms with E-state index in [1.165, 1.54) is 12.1 Å². The lowest BCUT2D eigenvalue weighted by atomic mass is 10.0. The van der Waals surface area contributed by atoms with E-state index in [0.29, 0.717) is 56.5 Å². The summed E-state index contributed by atoms with van der Waals surface area (Å²) in [5.41, 5.74) is 35.8. The van der Waals surface area contributed by atoms with Crippen molar-refractivity contribution >= 4 is 81.2 Å². The van der Waals surface area contributed by atoms with Crippen LogP contribution in [-0.2, 0) is 0 Å². The molecule has 1 heterocycles. The summed E-state index contributed by atoms with van der Waals surface area (Å²) in [6.45, 7) is 6.71. The standard InChI is InChI=1S/C30H38N18O2S/c1-13(41-45-27(31)32)17-7-18(14(2)42-46-28(33)34)10-21(9-17)39-25(49)23-5-6-24(51-23)26(50)40-22-11-19(15(3)43-47-29(35)36)8-20(12-22)16(4)44-48-30(37)38/h5-12H,1-4H3,(H,39,49)(H,40,50)(H4,31,32,45)(H4,33,34,46)(H4,35,36,47)(H4,37,38,48)/b41-13+,42-14+,43-15+,44-16+. The van der Waals surface area contributed by atoms with Gasteiger partial charge in [-0.3, -0.25) is 31.2 Å². The first-order valence-electron chi connectivity index (χ1n) is 14.6. The minimum Gasteiger partial charge on any atom is -0.369 e. The van der Waals surface area contributed by atoms with E-state index in [-0.39, 0.29) is 33.6 Å². The molecule has 266 valence electrons. The molecule has 0 saturated carbocycles. The van der Waals surface area contributed by atoms with E-state index in [9.17, 15) is 9.59 Å². The van der Waals surface area contributed by atoms with Gasteiger partial charge in [-0.05, 0) is 76.2 Å². The molecule has 0 saturated heterocycles. The normalized spacial score (nSPS) is 12.0. The van der Waals surface area contributed by atoms with E-state index >= 15 is 0 Å². The topological polar surface area (TPSA) is 355 Å². The fraction of sp³-hybridized carbons (Fsp3) is 0.133. The van der Waals surface area contributed by atoms with Crippen LogP contribution in [0.2, 0.25) is 0 Å². The van der Waals surface area contributed by atoms with Crippen LogP contribution in [0.4, 0.5) is 11.4 Å². The Kier molecular flexibility index (Phi) is 13.0. The highest BCUT2D eigenvalue weighted by Gasteiger charge is 2.17. The number of carbonyl (C=O) groups is 2. The van der Waals surface area contributed by atoms with Crippen molar-refractivity contribution < 1.29 is 9.59 Å². The summed E-state index contributed by atoms with van der Waals surface area (Å²) >= 11 is 0.966. The van der Waals surface area contributed by atoms with Crippen molar-refractivity contribution in [2.24, 2.45) is 43.3 Å². The van der Waals surface area contributed by atoms with Crippen molar-refractivity contribution in [3.63, 3.8) is 0 Å². The first kappa shape index (κ1) is 38.3. The van der Waals surface area contributed by atoms with Gasteiger partial charge in [0.25, 0.3) is 11.8 Å². The number of hydrogen-bond acceptors (Lipinski definition) is 11. The van der Waals surface area contributed by atoms with Crippen LogP contribution < -0.4 is 55.3 Å². The van der Waals surface area contributed by atoms with Gasteiger partial charge in [0.1, 0.15) is 0 Å². The maximum atomic E-state index is 13.4. The zero-order valence-corrected chi connectivity index (χ0v) is 28.8. The first-order valence-corrected chi connectivity index (χ1v) is 15.5. The molecule has 0 atom stereocenters. The number of benzene rings is 2. The Hall–Kier alpha value is -7.16. The van der Waals surface area contributed by atoms with Gasteiger partial charge in [0, 0.05) is 33.6 Å². The molecule has 3 aromatic rings. The number of hydrazone groups is 4. The Bertz CT molecular complexity index is 1770. The maximum absolute atomic E-state index is 13.4. The van der Waals surface area contributed by atoms with E-state index in [2.05, 4.69) is 52.7 Å². The van der Waals surface area contributed by atoms with Gasteiger partial charge in [0.05, 0.1) is 32.6 Å². The van der Waals surface area contributed by atoms with Crippen LogP contribution in [0.1, 0.15) is 69.3 Å². The smallest absolute Gasteiger partial charge is 0.265 e. The number of hydrogen-bond donors (Lipinski definition) is 14. The summed E-state index contributed by atoms with van der Waals surface area (Å²) in [5.74, 6) is -2.41. The molecule has 21 heteroatoms. The molecular formula is C30H38N18O2S. The van der Waals surface area contributed by atoms with Gasteiger partial charge in [-0.1, -0.05) is 0 Å². The van der Waals surface area contributed by atoms with Crippen molar-refractivity contribution in [3.8, 4) is 0 Å². The Morgan fingerprint density at radius 1 is 0.510 bits per heavy atom. The van der Waals surface area contributed by atoms with Crippen molar-refractivity contribution in [1.82, 2.24) is 21.7 Å². The first-order chi connectivity index (χ1) is 24.0. The predicted molar refractivity (Wildman–Crippen MR) is 202 cm³/mol. The Morgan fingerprint density at radius 2 is 0.765 bits per heavy atom. The van der Waals surface area contributed by atoms with Gasteiger partial charge in [-0.2, -0.15) is 20.4 Å². The monoisotopic (exact) mass is 714 g/mol. The second kappa shape index (κ2) is 17.3. The van der Waals surface area contributed by atoms with Crippen molar-refractivity contribution in [3.05, 3.63) is 80.5 Å². The van der Waals surface area contributed by atoms with E-state index in [1.54, 1.807) is 64.1 Å². The second-order valence-electron chi connectivity index (χ2n) is 10.6. The molecule has 0 aliphatic carbocycles. The Morgan fingerprint density at radius 3 is 1.00 bits per heavy atom. The van der Waals surface area contributed by atoms with Gasteiger partial charge in [-0.25, -0.2) is 21.7 Å². The number of thiophene rings is 1. The molecule has 51 heavy (non-hydrogen) atoms. The third kappa shape index (κ3) is 11.8. The number of nitrogens with zero attached hydrogens (tertiary/aromatic N) is 4. The number of anilines is 2. The lowest BCUT2D eigenvalue weighted by Crippen LogP contribution is -2.27. The SMILES string of the molecule is C/C(=N\NC(=N)N)c1cc(NC(=O)c2ccc(C(=O)Nc3cc(/C(C)=N/NC(=N)N)cc(/C(C)=N/NC(=N)N)c3)s2)cc(/C(C)=N/NC(=N)N)c1. The van der Waals surface area contributed by atoms with E-state index in [1.807, 2.05) is 0 Å². The minimum absolute atomic E-state index is 0.241. The lowest BCUT2D eigenvalue weighted by molar-refractivity contribution is 0.102. The molecule has 2 amide bonds. The largest absolute Gasteiger partial charge is 0.369 e. The molecule has 0 fully saturated rings. The van der Waals surface area contributed by atoms with Gasteiger partial charge >= 0.3 is 0 Å². The van der Waals surface area contributed by atoms with Gasteiger partial charge in [-0.15, -0.1) is 11.3 Å². The molecule has 0 aliphatic heterocycles. The van der Waals surface area contributed by atoms with E-state index in [4.69, 9.17) is 44.6 Å². The van der Waals surface area contributed by atoms with Crippen LogP contribution in [0.3, 0.4) is 0 Å². The van der Waals surface area contributed by atoms with Crippen LogP contribution in [-0.4, -0.2) is 58.5 Å². The molecule has 0 aliphatic rings. The summed E-state index contributed by atoms with van der Waals surface area (Å²) in [4.78, 5) is 27.2. The van der Waals surface area contributed by atoms with Crippen molar-refractivity contribution in [2.75, 3.05) is 10.6 Å². The highest BCUT2D eigenvalue weighted by atomic mass is 32.1. The summed E-state index contributed by atoms with van der Waals surface area (Å²) in [5, 5.41) is 51.4. The average molecular weight is 715 g/mol. The maximum Gasteiger partial charge on any atom is 0.265 e. The number of nitrogens with two attached hydrogens (primary N) is 4. The van der Waals surface area contributed by atoms with E-state index < -0.39 is 11.8 Å². The third-order valence-corrected chi connectivity index (χ3v) is 7.57. The Labute approximate surface area is 295 Å². The summed E-state index contributed by atoms with van der Waals surface area (Å²) < 4.78 is 0. The molecule has 0 unspecified atom stereocenters. The number of nitrogens with one attached hydrogen (secondary N) is 10. The highest BCUT2D eigenvalue weighted by Crippen LogP contribution is 2.23. The molecule has 20 nitrogen and oxygen atoms in total. The van der Waals surface area contributed by atoms with E-state index in [0.717, 1.165) is 11.3 Å². The number of guanidine groups is 4. The lowest BCUT2D eigenvalue weighted by Gasteiger charge is -2.12. The molecule has 0 spiro atoms. The van der Waals surface area contributed by atoms with Gasteiger partial charge < -0.3 is 33.6 Å². The molecule has 2 aromatic carbocycles. The predicted octanol–water partition coefficient (Wildman–Crippen LogP) is 1.08. The van der Waals surface area contributed by atoms with Crippen LogP contribution in [0.15, 0.2) is 68.9 Å². The van der Waals surface area contributed by atoms with Crippen molar-refractivity contribution in [2.45, 2.75) is 27.7 Å². The zero-order valence-electron chi connectivity index (χ0n) is 27.9. The Balaban J connectivity index is 1.90. The van der Waals surface area contributed by atoms with Gasteiger partial charge in [0.15, 0.2) is 0 Å². The second-order valence-corrected chi connectivity index (χ2v) is 11.6. The number of rotatable bonds is 12. The summed E-state index contributed by atoms with van der Waals surface area (Å²) in [6, 6.07) is 13.2. The molecule has 3 rings (SSSR count). The fourth-order valence-electron chi connectivity index (χ4n) is 4.04. The summed E-state index contributed by atoms with van der Waals surface area (Å²) in [7, 11) is 0. The van der Waals surface area contributed by atoms with Crippen molar-refractivity contribution in [1.29, 1.82) is 21.6 Å². The fourth-order valence-corrected chi connectivity index (χ4v) is 4.83. The highest BCUT2D eigenvalue weighted by molar-refractivity contribution is 7.16.